The molecule has 2 heterocycles. The number of halogens is 2. The zero-order chi connectivity index (χ0) is 15.9. The summed E-state index contributed by atoms with van der Waals surface area (Å²) in [5.74, 6) is 0.333. The maximum absolute atomic E-state index is 12.4. The highest BCUT2D eigenvalue weighted by atomic mass is 79.9. The van der Waals surface area contributed by atoms with Crippen molar-refractivity contribution < 1.29 is 14.3 Å². The lowest BCUT2D eigenvalue weighted by molar-refractivity contribution is -0.156. The van der Waals surface area contributed by atoms with E-state index in [9.17, 15) is 4.79 Å². The zero-order valence-electron chi connectivity index (χ0n) is 12.1. The molecule has 1 aliphatic carbocycles. The molecule has 2 bridgehead atoms. The van der Waals surface area contributed by atoms with E-state index in [2.05, 4.69) is 38.4 Å². The van der Waals surface area contributed by atoms with Gasteiger partial charge in [0.2, 0.25) is 0 Å². The Morgan fingerprint density at radius 2 is 2.23 bits per heavy atom. The van der Waals surface area contributed by atoms with Gasteiger partial charge in [0.05, 0.1) is 6.61 Å². The van der Waals surface area contributed by atoms with Crippen molar-refractivity contribution in [2.24, 2.45) is 0 Å². The van der Waals surface area contributed by atoms with E-state index in [1.165, 1.54) is 0 Å². The van der Waals surface area contributed by atoms with Crippen molar-refractivity contribution in [2.45, 2.75) is 29.7 Å². The van der Waals surface area contributed by atoms with Crippen molar-refractivity contribution in [2.75, 3.05) is 6.61 Å². The largest absolute Gasteiger partial charge is 0.494 e. The minimum Gasteiger partial charge on any atom is -0.494 e. The molecule has 3 aliphatic rings. The molecule has 1 aromatic carbocycles. The van der Waals surface area contributed by atoms with Gasteiger partial charge in [-0.05, 0) is 31.1 Å². The van der Waals surface area contributed by atoms with Gasteiger partial charge in [-0.1, -0.05) is 56.6 Å². The van der Waals surface area contributed by atoms with Crippen molar-refractivity contribution in [1.29, 1.82) is 0 Å². The Morgan fingerprint density at radius 3 is 2.91 bits per heavy atom. The van der Waals surface area contributed by atoms with Crippen LogP contribution in [0.4, 0.5) is 0 Å². The topological polar surface area (TPSA) is 35.5 Å². The lowest BCUT2D eigenvalue weighted by atomic mass is 9.72. The molecule has 1 saturated heterocycles. The van der Waals surface area contributed by atoms with Crippen LogP contribution in [0.5, 0.6) is 0 Å². The number of ether oxygens (including phenoxy) is 2. The molecule has 0 radical (unpaired) electrons. The van der Waals surface area contributed by atoms with Gasteiger partial charge in [0.1, 0.15) is 16.2 Å². The molecule has 5 heteroatoms. The SMILES string of the molecule is C=C(OCC)C1=C[C@]2(Br)C(=O)O[C@H]1C[C@@H]2c1ccccc1Br. The Balaban J connectivity index is 2.03. The Labute approximate surface area is 146 Å². The highest BCUT2D eigenvalue weighted by Gasteiger charge is 2.55. The van der Waals surface area contributed by atoms with E-state index in [-0.39, 0.29) is 18.0 Å². The van der Waals surface area contributed by atoms with Gasteiger partial charge in [-0.25, -0.2) is 0 Å². The summed E-state index contributed by atoms with van der Waals surface area (Å²) < 4.78 is 11.2. The van der Waals surface area contributed by atoms with E-state index in [0.29, 0.717) is 18.8 Å². The molecule has 3 nitrogen and oxygen atoms in total. The van der Waals surface area contributed by atoms with Crippen LogP contribution < -0.4 is 0 Å². The first-order valence-corrected chi connectivity index (χ1v) is 8.75. The number of fused-ring (bicyclic) bond motifs is 2. The summed E-state index contributed by atoms with van der Waals surface area (Å²) in [7, 11) is 0. The lowest BCUT2D eigenvalue weighted by Crippen LogP contribution is -2.52. The molecule has 0 unspecified atom stereocenters. The standard InChI is InChI=1S/C17H16Br2O3/c1-3-21-10(2)12-9-17(19)13(8-15(12)22-16(17)20)11-6-4-5-7-14(11)18/h4-7,9,13,15H,2-3,8H2,1H3/t13-,15+,17-/m1/s1. The molecule has 0 spiro atoms. The van der Waals surface area contributed by atoms with Crippen molar-refractivity contribution >= 4 is 37.8 Å². The van der Waals surface area contributed by atoms with E-state index < -0.39 is 4.32 Å². The molecule has 3 atom stereocenters. The number of hydrogen-bond donors (Lipinski definition) is 0. The Bertz CT molecular complexity index is 668. The first-order chi connectivity index (χ1) is 10.5. The second kappa shape index (κ2) is 5.85. The second-order valence-corrected chi connectivity index (χ2v) is 7.59. The Morgan fingerprint density at radius 1 is 1.50 bits per heavy atom. The van der Waals surface area contributed by atoms with E-state index >= 15 is 0 Å². The summed E-state index contributed by atoms with van der Waals surface area (Å²) in [4.78, 5) is 12.4. The van der Waals surface area contributed by atoms with Gasteiger partial charge in [0, 0.05) is 16.0 Å². The normalized spacial score (nSPS) is 29.8. The lowest BCUT2D eigenvalue weighted by Gasteiger charge is -2.45. The van der Waals surface area contributed by atoms with E-state index in [1.54, 1.807) is 0 Å². The van der Waals surface area contributed by atoms with Crippen LogP contribution >= 0.6 is 31.9 Å². The fraction of sp³-hybridized carbons (Fsp3) is 0.353. The summed E-state index contributed by atoms with van der Waals surface area (Å²) in [6.07, 6.45) is 2.31. The zero-order valence-corrected chi connectivity index (χ0v) is 15.3. The van der Waals surface area contributed by atoms with Crippen molar-refractivity contribution in [3.63, 3.8) is 0 Å². The maximum atomic E-state index is 12.4. The van der Waals surface area contributed by atoms with E-state index in [1.807, 2.05) is 37.3 Å². The summed E-state index contributed by atoms with van der Waals surface area (Å²) in [6.45, 7) is 6.40. The monoisotopic (exact) mass is 426 g/mol. The molecule has 0 N–H and O–H groups in total. The fourth-order valence-electron chi connectivity index (χ4n) is 3.09. The van der Waals surface area contributed by atoms with Gasteiger partial charge in [-0.15, -0.1) is 0 Å². The number of benzene rings is 1. The van der Waals surface area contributed by atoms with Crippen LogP contribution in [-0.2, 0) is 14.3 Å². The molecule has 1 fully saturated rings. The first-order valence-electron chi connectivity index (χ1n) is 7.16. The van der Waals surface area contributed by atoms with Gasteiger partial charge < -0.3 is 9.47 Å². The third kappa shape index (κ3) is 2.44. The Kier molecular flexibility index (Phi) is 4.21. The summed E-state index contributed by atoms with van der Waals surface area (Å²) in [5.41, 5.74) is 1.96. The van der Waals surface area contributed by atoms with Crippen LogP contribution in [0.15, 0.2) is 52.7 Å². The van der Waals surface area contributed by atoms with Crippen LogP contribution in [0.2, 0.25) is 0 Å². The molecule has 0 saturated carbocycles. The molecule has 0 amide bonds. The van der Waals surface area contributed by atoms with Crippen molar-refractivity contribution in [3.8, 4) is 0 Å². The second-order valence-electron chi connectivity index (χ2n) is 5.43. The van der Waals surface area contributed by atoms with Gasteiger partial charge in [0.25, 0.3) is 0 Å². The fourth-order valence-corrected chi connectivity index (χ4v) is 4.43. The summed E-state index contributed by atoms with van der Waals surface area (Å²) in [6, 6.07) is 7.97. The quantitative estimate of drug-likeness (QED) is 0.404. The number of rotatable bonds is 4. The van der Waals surface area contributed by atoms with Gasteiger partial charge in [-0.3, -0.25) is 4.79 Å². The number of esters is 1. The molecule has 116 valence electrons. The first kappa shape index (κ1) is 15.8. The third-order valence-electron chi connectivity index (χ3n) is 4.15. The Hall–Kier alpha value is -1.07. The summed E-state index contributed by atoms with van der Waals surface area (Å²) in [5, 5.41) is 0. The van der Waals surface area contributed by atoms with E-state index in [4.69, 9.17) is 9.47 Å². The van der Waals surface area contributed by atoms with E-state index in [0.717, 1.165) is 15.6 Å². The smallest absolute Gasteiger partial charge is 0.328 e. The molecular formula is C17H16Br2O3. The summed E-state index contributed by atoms with van der Waals surface area (Å²) >= 11 is 7.21. The van der Waals surface area contributed by atoms with Crippen molar-refractivity contribution in [1.82, 2.24) is 0 Å². The molecule has 4 rings (SSSR count). The average Bonchev–Trinajstić information content (AvgIpc) is 2.49. The van der Waals surface area contributed by atoms with Crippen LogP contribution in [0.25, 0.3) is 0 Å². The van der Waals surface area contributed by atoms with Crippen LogP contribution in [-0.4, -0.2) is 23.0 Å². The molecule has 22 heavy (non-hydrogen) atoms. The number of hydrogen-bond acceptors (Lipinski definition) is 3. The number of carbonyl (C=O) groups excluding carboxylic acids is 1. The highest BCUT2D eigenvalue weighted by Crippen LogP contribution is 2.53. The molecule has 0 aromatic heterocycles. The van der Waals surface area contributed by atoms with Crippen LogP contribution in [0.1, 0.15) is 24.8 Å². The maximum Gasteiger partial charge on any atom is 0.328 e. The minimum atomic E-state index is -0.874. The van der Waals surface area contributed by atoms with Gasteiger partial charge in [-0.2, -0.15) is 0 Å². The molecule has 2 aliphatic heterocycles. The van der Waals surface area contributed by atoms with Crippen LogP contribution in [0, 0.1) is 0 Å². The number of carbonyl (C=O) groups is 1. The highest BCUT2D eigenvalue weighted by molar-refractivity contribution is 9.10. The van der Waals surface area contributed by atoms with Gasteiger partial charge >= 0.3 is 5.97 Å². The number of alkyl halides is 1. The third-order valence-corrected chi connectivity index (χ3v) is 5.98. The average molecular weight is 428 g/mol. The molecular weight excluding hydrogens is 412 g/mol. The molecule has 1 aromatic rings. The predicted molar refractivity (Wildman–Crippen MR) is 91.9 cm³/mol. The van der Waals surface area contributed by atoms with Crippen LogP contribution in [0.3, 0.4) is 0 Å². The minimum absolute atomic E-state index is 0.00695. The van der Waals surface area contributed by atoms with Crippen molar-refractivity contribution in [3.05, 3.63) is 58.3 Å². The predicted octanol–water partition coefficient (Wildman–Crippen LogP) is 4.47. The van der Waals surface area contributed by atoms with Gasteiger partial charge in [0.15, 0.2) is 0 Å².